The van der Waals surface area contributed by atoms with Crippen LogP contribution in [0, 0.1) is 0 Å². The van der Waals surface area contributed by atoms with E-state index >= 15 is 0 Å². The molecule has 9 heteroatoms. The van der Waals surface area contributed by atoms with Gasteiger partial charge in [0.1, 0.15) is 5.82 Å². The van der Waals surface area contributed by atoms with Crippen LogP contribution in [0.15, 0.2) is 45.5 Å². The van der Waals surface area contributed by atoms with Crippen LogP contribution in [0.3, 0.4) is 0 Å². The van der Waals surface area contributed by atoms with Crippen molar-refractivity contribution in [3.63, 3.8) is 0 Å². The molecule has 0 radical (unpaired) electrons. The van der Waals surface area contributed by atoms with E-state index in [0.29, 0.717) is 18.2 Å². The van der Waals surface area contributed by atoms with Gasteiger partial charge in [-0.05, 0) is 36.4 Å². The molecule has 4 aromatic rings. The first-order valence-corrected chi connectivity index (χ1v) is 11.4. The van der Waals surface area contributed by atoms with Gasteiger partial charge in [-0.2, -0.15) is 11.3 Å². The summed E-state index contributed by atoms with van der Waals surface area (Å²) in [7, 11) is 0. The Morgan fingerprint density at radius 3 is 2.97 bits per heavy atom. The molecule has 0 fully saturated rings. The summed E-state index contributed by atoms with van der Waals surface area (Å²) in [6, 6.07) is 9.68. The maximum absolute atomic E-state index is 12.5. The summed E-state index contributed by atoms with van der Waals surface area (Å²) in [5.74, 6) is 2.74. The van der Waals surface area contributed by atoms with E-state index in [4.69, 9.17) is 4.42 Å². The fourth-order valence-electron chi connectivity index (χ4n) is 3.74. The van der Waals surface area contributed by atoms with Crippen molar-refractivity contribution in [1.82, 2.24) is 25.0 Å². The predicted octanol–water partition coefficient (Wildman–Crippen LogP) is 4.35. The monoisotopic (exact) mass is 434 g/mol. The number of carbonyl (C=O) groups excluding carboxylic acids is 1. The molecule has 8 nitrogen and oxygen atoms in total. The van der Waals surface area contributed by atoms with Crippen molar-refractivity contribution in [3.05, 3.63) is 52.8 Å². The second-order valence-electron chi connectivity index (χ2n) is 7.54. The van der Waals surface area contributed by atoms with Crippen molar-refractivity contribution < 1.29 is 9.21 Å². The van der Waals surface area contributed by atoms with Crippen molar-refractivity contribution in [3.8, 4) is 22.8 Å². The first-order chi connectivity index (χ1) is 15.3. The molecule has 0 spiro atoms. The third-order valence-electron chi connectivity index (χ3n) is 5.31. The van der Waals surface area contributed by atoms with E-state index in [1.54, 1.807) is 11.3 Å². The number of fused-ring (bicyclic) bond motifs is 1. The van der Waals surface area contributed by atoms with Gasteiger partial charge < -0.3 is 14.3 Å². The van der Waals surface area contributed by atoms with Gasteiger partial charge in [0.2, 0.25) is 17.7 Å². The zero-order chi connectivity index (χ0) is 21.0. The van der Waals surface area contributed by atoms with Crippen LogP contribution in [-0.4, -0.2) is 30.9 Å². The Labute approximate surface area is 183 Å². The Hall–Kier alpha value is -3.33. The van der Waals surface area contributed by atoms with Gasteiger partial charge in [-0.1, -0.05) is 18.6 Å². The highest BCUT2D eigenvalue weighted by Crippen LogP contribution is 2.25. The van der Waals surface area contributed by atoms with Gasteiger partial charge in [0.25, 0.3) is 0 Å². The molecule has 1 aliphatic heterocycles. The second kappa shape index (κ2) is 8.81. The van der Waals surface area contributed by atoms with Gasteiger partial charge >= 0.3 is 0 Å². The number of nitrogens with zero attached hydrogens (tertiary/aromatic N) is 5. The lowest BCUT2D eigenvalue weighted by Crippen LogP contribution is -2.12. The zero-order valence-electron chi connectivity index (χ0n) is 17.0. The fourth-order valence-corrected chi connectivity index (χ4v) is 4.37. The largest absolute Gasteiger partial charge is 0.421 e. The van der Waals surface area contributed by atoms with Crippen molar-refractivity contribution in [2.45, 2.75) is 45.1 Å². The molecule has 0 saturated heterocycles. The SMILES string of the molecule is O=C(CCc1nnc(-c2ccsc2)o1)Nc1cccc(-c2nnc3n2CCCCC3)c1. The Balaban J connectivity index is 1.23. The Bertz CT molecular complexity index is 1180. The van der Waals surface area contributed by atoms with Crippen LogP contribution in [-0.2, 0) is 24.2 Å². The normalized spacial score (nSPS) is 13.5. The Kier molecular flexibility index (Phi) is 5.57. The summed E-state index contributed by atoms with van der Waals surface area (Å²) in [5.41, 5.74) is 2.59. The minimum Gasteiger partial charge on any atom is -0.421 e. The molecule has 31 heavy (non-hydrogen) atoms. The number of hydrogen-bond acceptors (Lipinski definition) is 7. The van der Waals surface area contributed by atoms with Crippen LogP contribution >= 0.6 is 11.3 Å². The number of thiophene rings is 1. The van der Waals surface area contributed by atoms with Crippen molar-refractivity contribution >= 4 is 22.9 Å². The van der Waals surface area contributed by atoms with Crippen molar-refractivity contribution in [2.24, 2.45) is 0 Å². The lowest BCUT2D eigenvalue weighted by atomic mass is 10.1. The first kappa shape index (κ1) is 19.6. The molecule has 1 N–H and O–H groups in total. The van der Waals surface area contributed by atoms with E-state index in [-0.39, 0.29) is 12.3 Å². The van der Waals surface area contributed by atoms with E-state index in [0.717, 1.165) is 54.3 Å². The number of aryl methyl sites for hydroxylation is 2. The van der Waals surface area contributed by atoms with Gasteiger partial charge in [0.05, 0.1) is 0 Å². The molecule has 1 amide bonds. The smallest absolute Gasteiger partial charge is 0.248 e. The van der Waals surface area contributed by atoms with Gasteiger partial charge in [-0.15, -0.1) is 20.4 Å². The molecule has 0 aliphatic carbocycles. The number of rotatable bonds is 6. The molecule has 0 saturated carbocycles. The number of carbonyl (C=O) groups is 1. The molecular formula is C22H22N6O2S. The maximum Gasteiger partial charge on any atom is 0.248 e. The fraction of sp³-hybridized carbons (Fsp3) is 0.318. The lowest BCUT2D eigenvalue weighted by molar-refractivity contribution is -0.116. The standard InChI is InChI=1S/C22H22N6O2S/c29-19(8-9-20-25-27-22(30-20)16-10-12-31-14-16)23-17-6-4-5-15(13-17)21-26-24-18-7-2-1-3-11-28(18)21/h4-6,10,12-14H,1-3,7-9,11H2,(H,23,29). The molecule has 3 aromatic heterocycles. The molecule has 0 atom stereocenters. The quantitative estimate of drug-likeness (QED) is 0.484. The van der Waals surface area contributed by atoms with Gasteiger partial charge in [-0.3, -0.25) is 4.79 Å². The minimum absolute atomic E-state index is 0.104. The number of benzene rings is 1. The maximum atomic E-state index is 12.5. The first-order valence-electron chi connectivity index (χ1n) is 10.4. The topological polar surface area (TPSA) is 98.7 Å². The minimum atomic E-state index is -0.104. The van der Waals surface area contributed by atoms with E-state index in [1.807, 2.05) is 41.1 Å². The van der Waals surface area contributed by atoms with Crippen LogP contribution in [0.5, 0.6) is 0 Å². The number of amides is 1. The summed E-state index contributed by atoms with van der Waals surface area (Å²) < 4.78 is 7.85. The number of nitrogens with one attached hydrogen (secondary N) is 1. The third-order valence-corrected chi connectivity index (χ3v) is 6.00. The lowest BCUT2D eigenvalue weighted by Gasteiger charge is -2.09. The van der Waals surface area contributed by atoms with Crippen LogP contribution in [0.4, 0.5) is 5.69 Å². The number of hydrogen-bond donors (Lipinski definition) is 1. The van der Waals surface area contributed by atoms with Crippen LogP contribution in [0.25, 0.3) is 22.8 Å². The molecule has 158 valence electrons. The van der Waals surface area contributed by atoms with Crippen LogP contribution in [0.1, 0.15) is 37.4 Å². The van der Waals surface area contributed by atoms with Crippen molar-refractivity contribution in [1.29, 1.82) is 0 Å². The summed E-state index contributed by atoms with van der Waals surface area (Å²) in [6.07, 6.45) is 5.12. The van der Waals surface area contributed by atoms with Crippen LogP contribution in [0.2, 0.25) is 0 Å². The zero-order valence-corrected chi connectivity index (χ0v) is 17.8. The Morgan fingerprint density at radius 2 is 2.06 bits per heavy atom. The molecule has 4 heterocycles. The van der Waals surface area contributed by atoms with Crippen LogP contribution < -0.4 is 5.32 Å². The Morgan fingerprint density at radius 1 is 1.10 bits per heavy atom. The average molecular weight is 435 g/mol. The van der Waals surface area contributed by atoms with Crippen molar-refractivity contribution in [2.75, 3.05) is 5.32 Å². The number of aromatic nitrogens is 5. The molecule has 0 bridgehead atoms. The summed E-state index contributed by atoms with van der Waals surface area (Å²) >= 11 is 1.57. The highest BCUT2D eigenvalue weighted by molar-refractivity contribution is 7.08. The summed E-state index contributed by atoms with van der Waals surface area (Å²) in [5, 5.41) is 23.7. The molecule has 0 unspecified atom stereocenters. The summed E-state index contributed by atoms with van der Waals surface area (Å²) in [4.78, 5) is 12.5. The highest BCUT2D eigenvalue weighted by atomic mass is 32.1. The van der Waals surface area contributed by atoms with E-state index in [9.17, 15) is 4.79 Å². The van der Waals surface area contributed by atoms with E-state index in [2.05, 4.69) is 30.3 Å². The molecular weight excluding hydrogens is 412 g/mol. The summed E-state index contributed by atoms with van der Waals surface area (Å²) in [6.45, 7) is 0.936. The van der Waals surface area contributed by atoms with Gasteiger partial charge in [0, 0.05) is 48.0 Å². The predicted molar refractivity (Wildman–Crippen MR) is 118 cm³/mol. The van der Waals surface area contributed by atoms with E-state index < -0.39 is 0 Å². The second-order valence-corrected chi connectivity index (χ2v) is 8.32. The van der Waals surface area contributed by atoms with Gasteiger partial charge in [0.15, 0.2) is 5.82 Å². The number of anilines is 1. The molecule has 5 rings (SSSR count). The average Bonchev–Trinajstić information content (AvgIpc) is 3.51. The third kappa shape index (κ3) is 4.41. The van der Waals surface area contributed by atoms with Gasteiger partial charge in [-0.25, -0.2) is 0 Å². The molecule has 1 aromatic carbocycles. The van der Waals surface area contributed by atoms with E-state index in [1.165, 1.54) is 6.42 Å². The highest BCUT2D eigenvalue weighted by Gasteiger charge is 2.17. The molecule has 1 aliphatic rings.